The molecule has 3 aromatic rings. The number of nitrogens with one attached hydrogen (secondary N) is 2. The van der Waals surface area contributed by atoms with Crippen molar-refractivity contribution in [3.63, 3.8) is 0 Å². The smallest absolute Gasteiger partial charge is 0.272 e. The van der Waals surface area contributed by atoms with Crippen molar-refractivity contribution in [2.24, 2.45) is 0 Å². The number of nitrogens with zero attached hydrogens (tertiary/aromatic N) is 1. The maximum Gasteiger partial charge on any atom is 0.272 e. The predicted octanol–water partition coefficient (Wildman–Crippen LogP) is 5.30. The van der Waals surface area contributed by atoms with Gasteiger partial charge in [0.15, 0.2) is 0 Å². The first-order valence-electron chi connectivity index (χ1n) is 8.86. The van der Waals surface area contributed by atoms with Crippen molar-refractivity contribution >= 4 is 56.4 Å². The number of anilines is 2. The number of hydrogen-bond donors (Lipinski definition) is 2. The molecule has 0 radical (unpaired) electrons. The van der Waals surface area contributed by atoms with Crippen molar-refractivity contribution in [1.82, 2.24) is 0 Å². The van der Waals surface area contributed by atoms with Gasteiger partial charge in [0.05, 0.1) is 26.2 Å². The summed E-state index contributed by atoms with van der Waals surface area (Å²) in [7, 11) is -4.15. The summed E-state index contributed by atoms with van der Waals surface area (Å²) in [5.74, 6) is -0.798. The Morgan fingerprint density at radius 1 is 1.06 bits per heavy atom. The molecule has 0 heterocycles. The van der Waals surface area contributed by atoms with Crippen LogP contribution in [-0.4, -0.2) is 19.2 Å². The second kappa shape index (κ2) is 9.55. The second-order valence-electron chi connectivity index (χ2n) is 6.46. The Morgan fingerprint density at radius 3 is 2.34 bits per heavy atom. The van der Waals surface area contributed by atoms with Gasteiger partial charge >= 0.3 is 0 Å². The lowest BCUT2D eigenvalue weighted by Gasteiger charge is -2.12. The van der Waals surface area contributed by atoms with E-state index in [0.29, 0.717) is 9.79 Å². The normalized spacial score (nSPS) is 11.1. The third kappa shape index (κ3) is 5.96. The average molecular weight is 496 g/mol. The molecule has 0 aliphatic carbocycles. The number of carbonyl (C=O) groups excluding carboxylic acids is 1. The van der Waals surface area contributed by atoms with Crippen LogP contribution in [0.5, 0.6) is 0 Å². The third-order valence-electron chi connectivity index (χ3n) is 3.97. The first kappa shape index (κ1) is 23.5. The molecule has 3 rings (SSSR count). The van der Waals surface area contributed by atoms with Gasteiger partial charge in [-0.05, 0) is 48.5 Å². The van der Waals surface area contributed by atoms with E-state index in [1.54, 1.807) is 0 Å². The van der Waals surface area contributed by atoms with Gasteiger partial charge in [0.2, 0.25) is 5.91 Å². The van der Waals surface area contributed by atoms with Crippen LogP contribution in [0.15, 0.2) is 75.4 Å². The number of non-ortho nitro benzene ring substituents is 1. The van der Waals surface area contributed by atoms with E-state index >= 15 is 0 Å². The number of rotatable bonds is 7. The van der Waals surface area contributed by atoms with Gasteiger partial charge in [-0.3, -0.25) is 19.6 Å². The van der Waals surface area contributed by atoms with Crippen molar-refractivity contribution in [3.05, 3.63) is 81.6 Å². The molecule has 0 aromatic heterocycles. The van der Waals surface area contributed by atoms with Crippen LogP contribution >= 0.6 is 23.4 Å². The fourth-order valence-corrected chi connectivity index (χ4v) is 4.88. The minimum absolute atomic E-state index is 0.00896. The Labute approximate surface area is 192 Å². The highest BCUT2D eigenvalue weighted by atomic mass is 35.5. The maximum absolute atomic E-state index is 13.1. The molecule has 0 unspecified atom stereocenters. The summed E-state index contributed by atoms with van der Waals surface area (Å²) in [5.41, 5.74) is -0.119. The van der Waals surface area contributed by atoms with E-state index in [0.717, 1.165) is 23.9 Å². The standard InChI is InChI=1S/C20H15ClFN3O5S2/c1-12(26)23-20-7-6-18(11-19(20)21)32(29,30)24-14-8-15(25(27)28)10-17(9-14)31-16-4-2-13(22)3-5-16/h2-11,24H,1H3,(H,23,26). The zero-order chi connectivity index (χ0) is 23.5. The molecule has 0 saturated carbocycles. The largest absolute Gasteiger partial charge is 0.325 e. The molecule has 0 fully saturated rings. The molecule has 166 valence electrons. The maximum atomic E-state index is 13.1. The molecule has 0 atom stereocenters. The number of benzene rings is 3. The molecule has 32 heavy (non-hydrogen) atoms. The monoisotopic (exact) mass is 495 g/mol. The fourth-order valence-electron chi connectivity index (χ4n) is 2.61. The number of nitro groups is 1. The summed E-state index contributed by atoms with van der Waals surface area (Å²) in [6, 6.07) is 13.0. The van der Waals surface area contributed by atoms with Crippen molar-refractivity contribution < 1.29 is 22.5 Å². The van der Waals surface area contributed by atoms with Crippen LogP contribution in [-0.2, 0) is 14.8 Å². The Balaban J connectivity index is 1.92. The molecular formula is C20H15ClFN3O5S2. The highest BCUT2D eigenvalue weighted by Gasteiger charge is 2.19. The quantitative estimate of drug-likeness (QED) is 0.339. The molecule has 0 spiro atoms. The van der Waals surface area contributed by atoms with Gasteiger partial charge in [-0.2, -0.15) is 0 Å². The van der Waals surface area contributed by atoms with Gasteiger partial charge in [0, 0.05) is 28.8 Å². The Hall–Kier alpha value is -3.15. The molecule has 3 aromatic carbocycles. The van der Waals surface area contributed by atoms with Crippen LogP contribution in [0.25, 0.3) is 0 Å². The molecule has 2 N–H and O–H groups in total. The SMILES string of the molecule is CC(=O)Nc1ccc(S(=O)(=O)Nc2cc(Sc3ccc(F)cc3)cc([N+](=O)[O-])c2)cc1Cl. The Bertz CT molecular complexity index is 1300. The molecule has 12 heteroatoms. The van der Waals surface area contributed by atoms with Gasteiger partial charge in [0.25, 0.3) is 15.7 Å². The van der Waals surface area contributed by atoms with E-state index in [1.807, 2.05) is 0 Å². The highest BCUT2D eigenvalue weighted by Crippen LogP contribution is 2.34. The predicted molar refractivity (Wildman–Crippen MR) is 120 cm³/mol. The number of amides is 1. The second-order valence-corrected chi connectivity index (χ2v) is 9.69. The summed E-state index contributed by atoms with van der Waals surface area (Å²) in [6.45, 7) is 1.28. The highest BCUT2D eigenvalue weighted by molar-refractivity contribution is 7.99. The first-order chi connectivity index (χ1) is 15.0. The van der Waals surface area contributed by atoms with Crippen LogP contribution in [0.3, 0.4) is 0 Å². The van der Waals surface area contributed by atoms with Crippen LogP contribution in [0, 0.1) is 15.9 Å². The number of nitro benzene ring substituents is 1. The topological polar surface area (TPSA) is 118 Å². The van der Waals surface area contributed by atoms with E-state index < -0.39 is 20.8 Å². The van der Waals surface area contributed by atoms with Gasteiger partial charge in [0.1, 0.15) is 5.82 Å². The van der Waals surface area contributed by atoms with E-state index in [9.17, 15) is 27.7 Å². The number of halogens is 2. The number of sulfonamides is 1. The number of carbonyl (C=O) groups is 1. The zero-order valence-corrected chi connectivity index (χ0v) is 18.7. The van der Waals surface area contributed by atoms with E-state index in [-0.39, 0.29) is 32.9 Å². The van der Waals surface area contributed by atoms with E-state index in [4.69, 9.17) is 11.6 Å². The molecule has 0 aliphatic rings. The van der Waals surface area contributed by atoms with Crippen molar-refractivity contribution in [3.8, 4) is 0 Å². The minimum Gasteiger partial charge on any atom is -0.325 e. The summed E-state index contributed by atoms with van der Waals surface area (Å²) < 4.78 is 41.0. The molecule has 0 saturated heterocycles. The average Bonchev–Trinajstić information content (AvgIpc) is 2.70. The summed E-state index contributed by atoms with van der Waals surface area (Å²) in [6.07, 6.45) is 0. The number of hydrogen-bond acceptors (Lipinski definition) is 6. The van der Waals surface area contributed by atoms with Crippen LogP contribution in [0.2, 0.25) is 5.02 Å². The summed E-state index contributed by atoms with van der Waals surface area (Å²) in [5, 5.41) is 13.8. The molecule has 0 bridgehead atoms. The fraction of sp³-hybridized carbons (Fsp3) is 0.0500. The van der Waals surface area contributed by atoms with Crippen molar-refractivity contribution in [2.45, 2.75) is 21.6 Å². The lowest BCUT2D eigenvalue weighted by molar-refractivity contribution is -0.385. The molecule has 1 amide bonds. The van der Waals surface area contributed by atoms with Gasteiger partial charge in [-0.1, -0.05) is 23.4 Å². The molecule has 0 aliphatic heterocycles. The lowest BCUT2D eigenvalue weighted by atomic mass is 10.3. The van der Waals surface area contributed by atoms with Crippen LogP contribution in [0.4, 0.5) is 21.5 Å². The van der Waals surface area contributed by atoms with Crippen molar-refractivity contribution in [1.29, 1.82) is 0 Å². The van der Waals surface area contributed by atoms with Crippen LogP contribution < -0.4 is 10.0 Å². The minimum atomic E-state index is -4.15. The first-order valence-corrected chi connectivity index (χ1v) is 11.5. The van der Waals surface area contributed by atoms with Gasteiger partial charge < -0.3 is 5.32 Å². The lowest BCUT2D eigenvalue weighted by Crippen LogP contribution is -2.14. The molecule has 8 nitrogen and oxygen atoms in total. The molecular weight excluding hydrogens is 481 g/mol. The van der Waals surface area contributed by atoms with Crippen molar-refractivity contribution in [2.75, 3.05) is 10.0 Å². The van der Waals surface area contributed by atoms with Crippen LogP contribution in [0.1, 0.15) is 6.92 Å². The van der Waals surface area contributed by atoms with Gasteiger partial charge in [-0.25, -0.2) is 12.8 Å². The Morgan fingerprint density at radius 2 is 1.75 bits per heavy atom. The van der Waals surface area contributed by atoms with E-state index in [2.05, 4.69) is 10.0 Å². The van der Waals surface area contributed by atoms with Gasteiger partial charge in [-0.15, -0.1) is 0 Å². The summed E-state index contributed by atoms with van der Waals surface area (Å²) in [4.78, 5) is 22.6. The Kier molecular flexibility index (Phi) is 7.02. The summed E-state index contributed by atoms with van der Waals surface area (Å²) >= 11 is 7.16. The van der Waals surface area contributed by atoms with E-state index in [1.165, 1.54) is 55.5 Å². The third-order valence-corrected chi connectivity index (χ3v) is 6.64. The zero-order valence-electron chi connectivity index (χ0n) is 16.3.